The molecule has 0 bridgehead atoms. The molecular weight excluding hydrogens is 238 g/mol. The summed E-state index contributed by atoms with van der Waals surface area (Å²) in [5.74, 6) is 7.98. The van der Waals surface area contributed by atoms with Crippen LogP contribution in [0.3, 0.4) is 0 Å². The largest absolute Gasteiger partial charge is 0.369 e. The first kappa shape index (κ1) is 14.1. The van der Waals surface area contributed by atoms with Gasteiger partial charge in [-0.05, 0) is 25.2 Å². The molecule has 106 valence electrons. The molecule has 4 N–H and O–H groups in total. The van der Waals surface area contributed by atoms with Crippen LogP contribution in [0, 0.1) is 5.92 Å². The lowest BCUT2D eigenvalue weighted by atomic mass is 9.89. The molecule has 0 amide bonds. The number of rotatable bonds is 6. The second kappa shape index (κ2) is 7.28. The first-order valence-electron chi connectivity index (χ1n) is 7.39. The van der Waals surface area contributed by atoms with E-state index in [1.54, 1.807) is 6.33 Å². The third-order valence-corrected chi connectivity index (χ3v) is 3.87. The molecular formula is C14H25N5. The molecule has 19 heavy (non-hydrogen) atoms. The summed E-state index contributed by atoms with van der Waals surface area (Å²) in [4.78, 5) is 8.56. The highest BCUT2D eigenvalue weighted by molar-refractivity contribution is 5.56. The van der Waals surface area contributed by atoms with Crippen LogP contribution in [0.5, 0.6) is 0 Å². The lowest BCUT2D eigenvalue weighted by Gasteiger charge is -2.23. The molecule has 5 heteroatoms. The van der Waals surface area contributed by atoms with E-state index in [1.165, 1.54) is 32.1 Å². The summed E-state index contributed by atoms with van der Waals surface area (Å²) in [6, 6.07) is 0. The van der Waals surface area contributed by atoms with Gasteiger partial charge in [-0.15, -0.1) is 0 Å². The maximum absolute atomic E-state index is 5.52. The van der Waals surface area contributed by atoms with Crippen LogP contribution in [0.4, 0.5) is 11.6 Å². The number of hydrogen-bond donors (Lipinski definition) is 3. The monoisotopic (exact) mass is 263 g/mol. The smallest absolute Gasteiger partial charge is 0.148 e. The zero-order valence-electron chi connectivity index (χ0n) is 11.8. The van der Waals surface area contributed by atoms with E-state index in [2.05, 4.69) is 27.6 Å². The summed E-state index contributed by atoms with van der Waals surface area (Å²) in [5, 5.41) is 3.50. The number of nitrogens with zero attached hydrogens (tertiary/aromatic N) is 2. The third-order valence-electron chi connectivity index (χ3n) is 3.87. The second-order valence-corrected chi connectivity index (χ2v) is 5.33. The molecule has 0 aliphatic heterocycles. The van der Waals surface area contributed by atoms with Gasteiger partial charge in [0.15, 0.2) is 0 Å². The number of hydrazine groups is 1. The van der Waals surface area contributed by atoms with Gasteiger partial charge in [0.1, 0.15) is 18.0 Å². The second-order valence-electron chi connectivity index (χ2n) is 5.33. The Morgan fingerprint density at radius 3 is 2.63 bits per heavy atom. The Morgan fingerprint density at radius 1 is 1.21 bits per heavy atom. The molecule has 1 aliphatic rings. The predicted molar refractivity (Wildman–Crippen MR) is 78.9 cm³/mol. The topological polar surface area (TPSA) is 75.9 Å². The highest BCUT2D eigenvalue weighted by Crippen LogP contribution is 2.25. The van der Waals surface area contributed by atoms with Crippen molar-refractivity contribution < 1.29 is 0 Å². The molecule has 1 aliphatic carbocycles. The third kappa shape index (κ3) is 3.80. The summed E-state index contributed by atoms with van der Waals surface area (Å²) in [6.07, 6.45) is 10.4. The van der Waals surface area contributed by atoms with Crippen molar-refractivity contribution >= 4 is 11.6 Å². The number of aromatic nitrogens is 2. The first-order chi connectivity index (χ1) is 9.35. The summed E-state index contributed by atoms with van der Waals surface area (Å²) in [7, 11) is 0. The lowest BCUT2D eigenvalue weighted by molar-refractivity contribution is 0.373. The van der Waals surface area contributed by atoms with Crippen LogP contribution in [-0.2, 0) is 6.42 Å². The van der Waals surface area contributed by atoms with Crippen molar-refractivity contribution in [2.24, 2.45) is 11.8 Å². The maximum Gasteiger partial charge on any atom is 0.148 e. The van der Waals surface area contributed by atoms with Crippen molar-refractivity contribution in [2.75, 3.05) is 17.3 Å². The maximum atomic E-state index is 5.52. The van der Waals surface area contributed by atoms with Crippen molar-refractivity contribution in [2.45, 2.75) is 51.9 Å². The molecule has 0 aromatic carbocycles. The van der Waals surface area contributed by atoms with Gasteiger partial charge in [0, 0.05) is 12.1 Å². The quantitative estimate of drug-likeness (QED) is 0.543. The van der Waals surface area contributed by atoms with E-state index in [1.807, 2.05) is 0 Å². The first-order valence-corrected chi connectivity index (χ1v) is 7.39. The van der Waals surface area contributed by atoms with Crippen LogP contribution in [0.15, 0.2) is 6.33 Å². The van der Waals surface area contributed by atoms with Crippen LogP contribution in [0.2, 0.25) is 0 Å². The summed E-state index contributed by atoms with van der Waals surface area (Å²) >= 11 is 0. The fraction of sp³-hybridized carbons (Fsp3) is 0.714. The minimum atomic E-state index is 0.739. The Bertz CT molecular complexity index is 387. The molecule has 5 nitrogen and oxygen atoms in total. The van der Waals surface area contributed by atoms with Crippen molar-refractivity contribution in [3.05, 3.63) is 11.9 Å². The van der Waals surface area contributed by atoms with E-state index in [0.717, 1.165) is 42.5 Å². The predicted octanol–water partition coefficient (Wildman–Crippen LogP) is 2.71. The van der Waals surface area contributed by atoms with E-state index < -0.39 is 0 Å². The van der Waals surface area contributed by atoms with Gasteiger partial charge in [-0.3, -0.25) is 0 Å². The molecule has 0 atom stereocenters. The Kier molecular flexibility index (Phi) is 5.39. The fourth-order valence-electron chi connectivity index (χ4n) is 2.81. The van der Waals surface area contributed by atoms with Crippen molar-refractivity contribution in [3.8, 4) is 0 Å². The van der Waals surface area contributed by atoms with Crippen molar-refractivity contribution in [1.82, 2.24) is 9.97 Å². The molecule has 0 radical (unpaired) electrons. The minimum Gasteiger partial charge on any atom is -0.369 e. The number of nitrogen functional groups attached to an aromatic ring is 1. The fourth-order valence-corrected chi connectivity index (χ4v) is 2.81. The van der Waals surface area contributed by atoms with E-state index in [4.69, 9.17) is 5.84 Å². The molecule has 1 fully saturated rings. The van der Waals surface area contributed by atoms with Crippen LogP contribution in [0.1, 0.15) is 51.0 Å². The van der Waals surface area contributed by atoms with Gasteiger partial charge in [0.25, 0.3) is 0 Å². The Balaban J connectivity index is 2.01. The van der Waals surface area contributed by atoms with Gasteiger partial charge in [-0.1, -0.05) is 32.6 Å². The van der Waals surface area contributed by atoms with Crippen LogP contribution >= 0.6 is 0 Å². The molecule has 1 aromatic rings. The highest BCUT2D eigenvalue weighted by atomic mass is 15.3. The number of hydrogen-bond acceptors (Lipinski definition) is 5. The SMILES string of the molecule is CCCc1c(NN)ncnc1NCC1CCCCC1. The standard InChI is InChI=1S/C14H25N5/c1-2-6-12-13(17-10-18-14(12)19-15)16-9-11-7-4-3-5-8-11/h10-11H,2-9,15H2,1H3,(H2,16,17,18,19). The van der Waals surface area contributed by atoms with Gasteiger partial charge >= 0.3 is 0 Å². The number of nitrogens with two attached hydrogens (primary N) is 1. The minimum absolute atomic E-state index is 0.739. The highest BCUT2D eigenvalue weighted by Gasteiger charge is 2.15. The van der Waals surface area contributed by atoms with E-state index in [-0.39, 0.29) is 0 Å². The van der Waals surface area contributed by atoms with Crippen LogP contribution in [0.25, 0.3) is 0 Å². The van der Waals surface area contributed by atoms with Gasteiger partial charge in [0.05, 0.1) is 0 Å². The average Bonchev–Trinajstić information content (AvgIpc) is 2.47. The van der Waals surface area contributed by atoms with Crippen LogP contribution < -0.4 is 16.6 Å². The summed E-state index contributed by atoms with van der Waals surface area (Å²) < 4.78 is 0. The number of anilines is 2. The number of nitrogens with one attached hydrogen (secondary N) is 2. The van der Waals surface area contributed by atoms with Crippen LogP contribution in [-0.4, -0.2) is 16.5 Å². The molecule has 1 aromatic heterocycles. The zero-order valence-corrected chi connectivity index (χ0v) is 11.8. The average molecular weight is 263 g/mol. The Morgan fingerprint density at radius 2 is 1.95 bits per heavy atom. The summed E-state index contributed by atoms with van der Waals surface area (Å²) in [6.45, 7) is 3.16. The van der Waals surface area contributed by atoms with Gasteiger partial charge in [-0.2, -0.15) is 0 Å². The van der Waals surface area contributed by atoms with E-state index >= 15 is 0 Å². The molecule has 2 rings (SSSR count). The van der Waals surface area contributed by atoms with Crippen molar-refractivity contribution in [1.29, 1.82) is 0 Å². The van der Waals surface area contributed by atoms with Gasteiger partial charge in [-0.25, -0.2) is 15.8 Å². The molecule has 1 heterocycles. The molecule has 0 saturated heterocycles. The summed E-state index contributed by atoms with van der Waals surface area (Å²) in [5.41, 5.74) is 3.77. The van der Waals surface area contributed by atoms with Gasteiger partial charge in [0.2, 0.25) is 0 Å². The molecule has 0 unspecified atom stereocenters. The Labute approximate surface area is 115 Å². The lowest BCUT2D eigenvalue weighted by Crippen LogP contribution is -2.20. The van der Waals surface area contributed by atoms with E-state index in [9.17, 15) is 0 Å². The van der Waals surface area contributed by atoms with Crippen molar-refractivity contribution in [3.63, 3.8) is 0 Å². The Hall–Kier alpha value is -1.36. The van der Waals surface area contributed by atoms with E-state index in [0.29, 0.717) is 0 Å². The van der Waals surface area contributed by atoms with Gasteiger partial charge < -0.3 is 10.7 Å². The normalized spacial score (nSPS) is 16.3. The molecule has 1 saturated carbocycles. The zero-order chi connectivity index (χ0) is 13.5. The molecule has 0 spiro atoms.